The normalized spacial score (nSPS) is 19.2. The summed E-state index contributed by atoms with van der Waals surface area (Å²) in [4.78, 5) is 0. The second-order valence-electron chi connectivity index (χ2n) is 4.27. The lowest BCUT2D eigenvalue weighted by molar-refractivity contribution is 0.0536. The van der Waals surface area contributed by atoms with E-state index in [9.17, 15) is 0 Å². The zero-order valence-corrected chi connectivity index (χ0v) is 12.4. The summed E-state index contributed by atoms with van der Waals surface area (Å²) in [5, 5.41) is 0.787. The van der Waals surface area contributed by atoms with Crippen LogP contribution in [0, 0.1) is 9.49 Å². The SMILES string of the molecule is NNC(c1ccc(I)c(Cl)c1)C1CCOCC1. The van der Waals surface area contributed by atoms with Crippen LogP contribution in [0.15, 0.2) is 18.2 Å². The van der Waals surface area contributed by atoms with E-state index in [0.717, 1.165) is 40.2 Å². The molecule has 1 heterocycles. The van der Waals surface area contributed by atoms with E-state index >= 15 is 0 Å². The van der Waals surface area contributed by atoms with Crippen LogP contribution in [-0.2, 0) is 4.74 Å². The first-order valence-corrected chi connectivity index (χ1v) is 7.17. The molecule has 0 saturated carbocycles. The Morgan fingerprint density at radius 3 is 2.71 bits per heavy atom. The standard InChI is InChI=1S/C12H16ClIN2O/c13-10-7-9(1-2-11(10)14)12(16-15)8-3-5-17-6-4-8/h1-2,7-8,12,16H,3-6,15H2. The third-order valence-electron chi connectivity index (χ3n) is 3.22. The maximum atomic E-state index is 6.15. The summed E-state index contributed by atoms with van der Waals surface area (Å²) in [6, 6.07) is 6.28. The lowest BCUT2D eigenvalue weighted by Gasteiger charge is -2.30. The van der Waals surface area contributed by atoms with E-state index in [0.29, 0.717) is 5.92 Å². The van der Waals surface area contributed by atoms with Gasteiger partial charge in [0.05, 0.1) is 5.02 Å². The topological polar surface area (TPSA) is 47.3 Å². The molecule has 3 nitrogen and oxygen atoms in total. The molecule has 3 N–H and O–H groups in total. The Morgan fingerprint density at radius 2 is 2.12 bits per heavy atom. The molecule has 17 heavy (non-hydrogen) atoms. The molecule has 2 rings (SSSR count). The van der Waals surface area contributed by atoms with E-state index in [1.165, 1.54) is 0 Å². The highest BCUT2D eigenvalue weighted by Gasteiger charge is 2.24. The molecule has 0 spiro atoms. The summed E-state index contributed by atoms with van der Waals surface area (Å²) in [7, 11) is 0. The van der Waals surface area contributed by atoms with Crippen LogP contribution >= 0.6 is 34.2 Å². The fourth-order valence-corrected chi connectivity index (χ4v) is 2.78. The van der Waals surface area contributed by atoms with Gasteiger partial charge in [-0.1, -0.05) is 17.7 Å². The van der Waals surface area contributed by atoms with Crippen molar-refractivity contribution in [1.82, 2.24) is 5.43 Å². The molecule has 1 aliphatic rings. The molecule has 0 amide bonds. The number of nitrogens with two attached hydrogens (primary N) is 1. The molecule has 0 radical (unpaired) electrons. The van der Waals surface area contributed by atoms with Gasteiger partial charge in [-0.25, -0.2) is 0 Å². The number of benzene rings is 1. The second kappa shape index (κ2) is 6.33. The Balaban J connectivity index is 2.18. The van der Waals surface area contributed by atoms with E-state index in [4.69, 9.17) is 22.2 Å². The number of hydrazine groups is 1. The number of hydrogen-bond donors (Lipinski definition) is 2. The van der Waals surface area contributed by atoms with Gasteiger partial charge in [-0.05, 0) is 59.0 Å². The summed E-state index contributed by atoms with van der Waals surface area (Å²) in [5.74, 6) is 6.21. The number of nitrogens with one attached hydrogen (secondary N) is 1. The third kappa shape index (κ3) is 3.32. The first kappa shape index (κ1) is 13.5. The van der Waals surface area contributed by atoms with Crippen molar-refractivity contribution in [2.45, 2.75) is 18.9 Å². The fourth-order valence-electron chi connectivity index (χ4n) is 2.26. The van der Waals surface area contributed by atoms with E-state index in [2.05, 4.69) is 34.1 Å². The van der Waals surface area contributed by atoms with Crippen LogP contribution < -0.4 is 11.3 Å². The average Bonchev–Trinajstić information content (AvgIpc) is 2.36. The summed E-state index contributed by atoms with van der Waals surface area (Å²) in [6.45, 7) is 1.64. The predicted octanol–water partition coefficient (Wildman–Crippen LogP) is 2.88. The zero-order valence-electron chi connectivity index (χ0n) is 9.46. The van der Waals surface area contributed by atoms with Crippen molar-refractivity contribution >= 4 is 34.2 Å². The van der Waals surface area contributed by atoms with Gasteiger partial charge in [-0.2, -0.15) is 0 Å². The van der Waals surface area contributed by atoms with Crippen molar-refractivity contribution in [2.24, 2.45) is 11.8 Å². The number of ether oxygens (including phenoxy) is 1. The fraction of sp³-hybridized carbons (Fsp3) is 0.500. The molecule has 5 heteroatoms. The van der Waals surface area contributed by atoms with Gasteiger partial charge in [-0.15, -0.1) is 0 Å². The molecule has 0 aromatic heterocycles. The van der Waals surface area contributed by atoms with Gasteiger partial charge >= 0.3 is 0 Å². The monoisotopic (exact) mass is 366 g/mol. The molecule has 1 saturated heterocycles. The van der Waals surface area contributed by atoms with Crippen molar-refractivity contribution in [2.75, 3.05) is 13.2 Å². The lowest BCUT2D eigenvalue weighted by atomic mass is 9.87. The third-order valence-corrected chi connectivity index (χ3v) is 4.79. The second-order valence-corrected chi connectivity index (χ2v) is 5.84. The summed E-state index contributed by atoms with van der Waals surface area (Å²) in [5.41, 5.74) is 4.08. The van der Waals surface area contributed by atoms with Crippen LogP contribution in [0.4, 0.5) is 0 Å². The minimum absolute atomic E-state index is 0.161. The van der Waals surface area contributed by atoms with E-state index in [-0.39, 0.29) is 6.04 Å². The van der Waals surface area contributed by atoms with Crippen LogP contribution in [0.5, 0.6) is 0 Å². The minimum Gasteiger partial charge on any atom is -0.381 e. The smallest absolute Gasteiger partial charge is 0.0542 e. The predicted molar refractivity (Wildman–Crippen MR) is 77.8 cm³/mol. The van der Waals surface area contributed by atoms with Crippen LogP contribution in [0.25, 0.3) is 0 Å². The molecule has 0 aliphatic carbocycles. The molecular weight excluding hydrogens is 351 g/mol. The average molecular weight is 367 g/mol. The summed E-state index contributed by atoms with van der Waals surface area (Å²) in [6.07, 6.45) is 2.08. The van der Waals surface area contributed by atoms with Crippen LogP contribution in [0.3, 0.4) is 0 Å². The Bertz CT molecular complexity index is 383. The van der Waals surface area contributed by atoms with Crippen molar-refractivity contribution in [3.05, 3.63) is 32.4 Å². The lowest BCUT2D eigenvalue weighted by Crippen LogP contribution is -2.36. The highest BCUT2D eigenvalue weighted by Crippen LogP contribution is 2.31. The Kier molecular flexibility index (Phi) is 5.05. The van der Waals surface area contributed by atoms with Gasteiger partial charge in [0.2, 0.25) is 0 Å². The molecule has 0 bridgehead atoms. The molecule has 1 aliphatic heterocycles. The van der Waals surface area contributed by atoms with Crippen LogP contribution in [0.1, 0.15) is 24.4 Å². The molecule has 94 valence electrons. The Labute approximate surface area is 120 Å². The molecule has 1 unspecified atom stereocenters. The van der Waals surface area contributed by atoms with Crippen molar-refractivity contribution in [1.29, 1.82) is 0 Å². The molecular formula is C12H16ClIN2O. The first-order valence-electron chi connectivity index (χ1n) is 5.71. The Morgan fingerprint density at radius 1 is 1.41 bits per heavy atom. The van der Waals surface area contributed by atoms with Gasteiger partial charge in [0, 0.05) is 22.8 Å². The van der Waals surface area contributed by atoms with Crippen LogP contribution in [0.2, 0.25) is 5.02 Å². The largest absolute Gasteiger partial charge is 0.381 e. The van der Waals surface area contributed by atoms with Crippen LogP contribution in [-0.4, -0.2) is 13.2 Å². The van der Waals surface area contributed by atoms with E-state index in [1.807, 2.05) is 12.1 Å². The number of hydrogen-bond acceptors (Lipinski definition) is 3. The maximum Gasteiger partial charge on any atom is 0.0542 e. The van der Waals surface area contributed by atoms with E-state index in [1.54, 1.807) is 0 Å². The van der Waals surface area contributed by atoms with E-state index < -0.39 is 0 Å². The number of rotatable bonds is 3. The molecule has 1 aromatic rings. The molecule has 1 fully saturated rings. The van der Waals surface area contributed by atoms with Crippen molar-refractivity contribution < 1.29 is 4.74 Å². The van der Waals surface area contributed by atoms with Crippen molar-refractivity contribution in [3.63, 3.8) is 0 Å². The summed E-state index contributed by atoms with van der Waals surface area (Å²) < 4.78 is 6.44. The molecule has 1 aromatic carbocycles. The minimum atomic E-state index is 0.161. The highest BCUT2D eigenvalue weighted by molar-refractivity contribution is 14.1. The molecule has 1 atom stereocenters. The van der Waals surface area contributed by atoms with Gasteiger partial charge < -0.3 is 4.74 Å². The van der Waals surface area contributed by atoms with Gasteiger partial charge in [0.25, 0.3) is 0 Å². The van der Waals surface area contributed by atoms with Crippen molar-refractivity contribution in [3.8, 4) is 0 Å². The maximum absolute atomic E-state index is 6.15. The quantitative estimate of drug-likeness (QED) is 0.491. The van der Waals surface area contributed by atoms with Gasteiger partial charge in [0.1, 0.15) is 0 Å². The zero-order chi connectivity index (χ0) is 12.3. The first-order chi connectivity index (χ1) is 8.22. The highest BCUT2D eigenvalue weighted by atomic mass is 127. The number of halogens is 2. The van der Waals surface area contributed by atoms with Gasteiger partial charge in [-0.3, -0.25) is 11.3 Å². The van der Waals surface area contributed by atoms with Gasteiger partial charge in [0.15, 0.2) is 0 Å². The Hall–Kier alpha value is 0.120. The summed E-state index contributed by atoms with van der Waals surface area (Å²) >= 11 is 8.38.